The predicted octanol–water partition coefficient (Wildman–Crippen LogP) is -1.93. The molecular formula is C5H6N5O+. The van der Waals surface area contributed by atoms with Crippen LogP contribution in [0.15, 0.2) is 0 Å². The van der Waals surface area contributed by atoms with Gasteiger partial charge in [0.15, 0.2) is 5.21 Å². The van der Waals surface area contributed by atoms with Crippen molar-refractivity contribution in [2.75, 3.05) is 0 Å². The van der Waals surface area contributed by atoms with Crippen LogP contribution >= 0.6 is 0 Å². The van der Waals surface area contributed by atoms with Crippen LogP contribution in [0, 0.1) is 0 Å². The Labute approximate surface area is 62.2 Å². The molecule has 56 valence electrons. The molecule has 0 unspecified atom stereocenters. The lowest BCUT2D eigenvalue weighted by Gasteiger charge is -2.04. The van der Waals surface area contributed by atoms with Crippen molar-refractivity contribution in [1.82, 2.24) is 20.7 Å². The van der Waals surface area contributed by atoms with Crippen molar-refractivity contribution in [3.05, 3.63) is 5.82 Å². The zero-order chi connectivity index (χ0) is 7.68. The van der Waals surface area contributed by atoms with Crippen molar-refractivity contribution >= 4 is 5.78 Å². The van der Waals surface area contributed by atoms with Crippen molar-refractivity contribution in [2.45, 2.75) is 19.4 Å². The minimum atomic E-state index is 0.187. The van der Waals surface area contributed by atoms with Gasteiger partial charge in [-0.1, -0.05) is 0 Å². The normalized spacial score (nSPS) is 16.2. The lowest BCUT2D eigenvalue weighted by atomic mass is 10.1. The molecule has 0 atom stereocenters. The number of Topliss-reactive ketones (excluding diaryl/α,β-unsaturated/α-hetero) is 1. The molecule has 1 aromatic heterocycles. The molecule has 6 heteroatoms. The van der Waals surface area contributed by atoms with Crippen LogP contribution in [0.5, 0.6) is 0 Å². The molecule has 0 N–H and O–H groups in total. The van der Waals surface area contributed by atoms with Crippen LogP contribution in [-0.4, -0.2) is 26.5 Å². The number of carbonyl (C=O) groups excluding carboxylic acids is 1. The molecule has 11 heavy (non-hydrogen) atoms. The second-order valence-corrected chi connectivity index (χ2v) is 2.37. The standard InChI is InChI=1S/C5H6N5O/c11-4-1-2-10-5(3-4)6-7-8-9-10/h1-3H2/q+1. The second-order valence-electron chi connectivity index (χ2n) is 2.37. The molecule has 0 saturated carbocycles. The largest absolute Gasteiger partial charge is 0.299 e. The average molecular weight is 152 g/mol. The van der Waals surface area contributed by atoms with Gasteiger partial charge in [-0.2, -0.15) is 0 Å². The van der Waals surface area contributed by atoms with Crippen molar-refractivity contribution in [3.8, 4) is 0 Å². The number of hydrogen-bond donors (Lipinski definition) is 0. The SMILES string of the molecule is O=C1CC[n+]2nnnnc2C1. The van der Waals surface area contributed by atoms with Crippen LogP contribution in [-0.2, 0) is 17.8 Å². The van der Waals surface area contributed by atoms with Crippen LogP contribution < -0.4 is 4.68 Å². The topological polar surface area (TPSA) is 72.5 Å². The summed E-state index contributed by atoms with van der Waals surface area (Å²) in [6.45, 7) is 0.580. The minimum absolute atomic E-state index is 0.187. The van der Waals surface area contributed by atoms with Gasteiger partial charge in [-0.05, 0) is 0 Å². The Morgan fingerprint density at radius 3 is 3.18 bits per heavy atom. The van der Waals surface area contributed by atoms with E-state index in [9.17, 15) is 4.79 Å². The fourth-order valence-corrected chi connectivity index (χ4v) is 1.04. The van der Waals surface area contributed by atoms with Gasteiger partial charge in [0.2, 0.25) is 0 Å². The number of carbonyl (C=O) groups is 1. The Morgan fingerprint density at radius 1 is 1.36 bits per heavy atom. The van der Waals surface area contributed by atoms with Gasteiger partial charge in [-0.15, -0.1) is 4.68 Å². The van der Waals surface area contributed by atoms with E-state index in [1.165, 1.54) is 0 Å². The van der Waals surface area contributed by atoms with Gasteiger partial charge >= 0.3 is 0 Å². The Balaban J connectivity index is 2.41. The maximum absolute atomic E-state index is 10.9. The van der Waals surface area contributed by atoms with Crippen LogP contribution in [0.4, 0.5) is 0 Å². The Kier molecular flexibility index (Phi) is 1.31. The monoisotopic (exact) mass is 152 g/mol. The molecule has 0 radical (unpaired) electrons. The third-order valence-corrected chi connectivity index (χ3v) is 1.60. The summed E-state index contributed by atoms with van der Waals surface area (Å²) in [5.41, 5.74) is 0. The van der Waals surface area contributed by atoms with E-state index in [-0.39, 0.29) is 5.78 Å². The lowest BCUT2D eigenvalue weighted by molar-refractivity contribution is -0.770. The molecule has 1 aliphatic heterocycles. The first kappa shape index (κ1) is 6.26. The van der Waals surface area contributed by atoms with Gasteiger partial charge in [0, 0.05) is 11.5 Å². The van der Waals surface area contributed by atoms with Crippen LogP contribution in [0.1, 0.15) is 12.2 Å². The number of fused-ring (bicyclic) bond motifs is 1. The van der Waals surface area contributed by atoms with E-state index in [2.05, 4.69) is 20.7 Å². The summed E-state index contributed by atoms with van der Waals surface area (Å²) >= 11 is 0. The van der Waals surface area contributed by atoms with Gasteiger partial charge in [0.25, 0.3) is 5.82 Å². The molecule has 0 aliphatic carbocycles. The summed E-state index contributed by atoms with van der Waals surface area (Å²) in [5.74, 6) is 0.795. The third kappa shape index (κ3) is 1.06. The van der Waals surface area contributed by atoms with Gasteiger partial charge in [-0.25, -0.2) is 0 Å². The summed E-state index contributed by atoms with van der Waals surface area (Å²) in [4.78, 5) is 10.9. The average Bonchev–Trinajstić information content (AvgIpc) is 2.04. The smallest absolute Gasteiger partial charge is 0.294 e. The number of aryl methyl sites for hydroxylation is 1. The summed E-state index contributed by atoms with van der Waals surface area (Å²) in [6, 6.07) is 0. The third-order valence-electron chi connectivity index (χ3n) is 1.60. The van der Waals surface area contributed by atoms with E-state index in [0.717, 1.165) is 0 Å². The quantitative estimate of drug-likeness (QED) is 0.405. The van der Waals surface area contributed by atoms with Crippen LogP contribution in [0.25, 0.3) is 0 Å². The fraction of sp³-hybridized carbons (Fsp3) is 0.600. The number of rotatable bonds is 0. The lowest BCUT2D eigenvalue weighted by Crippen LogP contribution is -2.49. The van der Waals surface area contributed by atoms with Gasteiger partial charge < -0.3 is 0 Å². The van der Waals surface area contributed by atoms with Gasteiger partial charge in [0.1, 0.15) is 24.0 Å². The maximum atomic E-state index is 10.9. The van der Waals surface area contributed by atoms with E-state index in [1.54, 1.807) is 4.68 Å². The number of hydrogen-bond acceptors (Lipinski definition) is 5. The maximum Gasteiger partial charge on any atom is 0.294 e. The summed E-state index contributed by atoms with van der Waals surface area (Å²) in [5, 5.41) is 14.1. The predicted molar refractivity (Wildman–Crippen MR) is 31.1 cm³/mol. The number of nitrogens with zero attached hydrogens (tertiary/aromatic N) is 5. The Hall–Kier alpha value is -1.46. The van der Waals surface area contributed by atoms with Gasteiger partial charge in [0.05, 0.1) is 5.21 Å². The highest BCUT2D eigenvalue weighted by atomic mass is 16.1. The zero-order valence-electron chi connectivity index (χ0n) is 5.77. The second kappa shape index (κ2) is 2.30. The highest BCUT2D eigenvalue weighted by molar-refractivity contribution is 5.79. The highest BCUT2D eigenvalue weighted by Crippen LogP contribution is 1.96. The highest BCUT2D eigenvalue weighted by Gasteiger charge is 2.22. The first-order chi connectivity index (χ1) is 5.36. The molecule has 2 rings (SSSR count). The van der Waals surface area contributed by atoms with E-state index >= 15 is 0 Å². The van der Waals surface area contributed by atoms with Gasteiger partial charge in [-0.3, -0.25) is 4.79 Å². The van der Waals surface area contributed by atoms with Crippen LogP contribution in [0.3, 0.4) is 0 Å². The molecular weight excluding hydrogens is 146 g/mol. The molecule has 0 bridgehead atoms. The molecule has 1 aromatic rings. The molecule has 0 amide bonds. The van der Waals surface area contributed by atoms with Crippen molar-refractivity contribution in [3.63, 3.8) is 0 Å². The summed E-state index contributed by atoms with van der Waals surface area (Å²) < 4.78 is 1.61. The minimum Gasteiger partial charge on any atom is -0.299 e. The molecule has 0 saturated heterocycles. The number of aromatic nitrogens is 5. The molecule has 2 heterocycles. The first-order valence-corrected chi connectivity index (χ1v) is 3.33. The molecule has 0 spiro atoms. The van der Waals surface area contributed by atoms with Crippen molar-refractivity contribution in [1.29, 1.82) is 0 Å². The first-order valence-electron chi connectivity index (χ1n) is 3.33. The number of ketones is 1. The zero-order valence-corrected chi connectivity index (χ0v) is 5.77. The van der Waals surface area contributed by atoms with E-state index < -0.39 is 0 Å². The molecule has 0 fully saturated rings. The van der Waals surface area contributed by atoms with Crippen LogP contribution in [0.2, 0.25) is 0 Å². The summed E-state index contributed by atoms with van der Waals surface area (Å²) in [6.07, 6.45) is 0.862. The Morgan fingerprint density at radius 2 is 2.27 bits per heavy atom. The molecule has 0 aromatic carbocycles. The van der Waals surface area contributed by atoms with Crippen molar-refractivity contribution in [2.24, 2.45) is 0 Å². The van der Waals surface area contributed by atoms with E-state index in [4.69, 9.17) is 0 Å². The van der Waals surface area contributed by atoms with E-state index in [0.29, 0.717) is 25.2 Å². The fourth-order valence-electron chi connectivity index (χ4n) is 1.04. The molecule has 1 aliphatic rings. The van der Waals surface area contributed by atoms with E-state index in [1.807, 2.05) is 0 Å². The summed E-state index contributed by atoms with van der Waals surface area (Å²) in [7, 11) is 0. The molecule has 6 nitrogen and oxygen atoms in total. The van der Waals surface area contributed by atoms with Crippen molar-refractivity contribution < 1.29 is 9.48 Å². The Bertz CT molecular complexity index is 299.